The number of likely N-dealkylation sites (tertiary alicyclic amines) is 1. The highest BCUT2D eigenvalue weighted by atomic mass is 19.1. The second-order valence-corrected chi connectivity index (χ2v) is 5.81. The van der Waals surface area contributed by atoms with Crippen molar-refractivity contribution < 1.29 is 14.3 Å². The van der Waals surface area contributed by atoms with Crippen LogP contribution in [0, 0.1) is 11.7 Å². The van der Waals surface area contributed by atoms with Gasteiger partial charge in [-0.3, -0.25) is 4.90 Å². The number of hydrogen-bond donors (Lipinski definition) is 1. The normalized spacial score (nSPS) is 23.4. The van der Waals surface area contributed by atoms with Crippen molar-refractivity contribution in [1.82, 2.24) is 9.80 Å². The van der Waals surface area contributed by atoms with Crippen LogP contribution in [0.25, 0.3) is 0 Å². The minimum Gasteiger partial charge on any atom is -0.478 e. The van der Waals surface area contributed by atoms with Gasteiger partial charge in [0.05, 0.1) is 5.56 Å². The van der Waals surface area contributed by atoms with Crippen LogP contribution < -0.4 is 0 Å². The predicted octanol–water partition coefficient (Wildman–Crippen LogP) is 1.91. The van der Waals surface area contributed by atoms with Crippen LogP contribution in [-0.2, 0) is 6.54 Å². The van der Waals surface area contributed by atoms with Crippen LogP contribution in [-0.4, -0.2) is 54.1 Å². The van der Waals surface area contributed by atoms with E-state index in [-0.39, 0.29) is 11.4 Å². The third-order valence-electron chi connectivity index (χ3n) is 4.00. The van der Waals surface area contributed by atoms with Gasteiger partial charge in [-0.05, 0) is 38.2 Å². The molecule has 1 heterocycles. The number of nitrogens with zero attached hydrogens (tertiary/aromatic N) is 2. The fourth-order valence-corrected chi connectivity index (χ4v) is 2.92. The van der Waals surface area contributed by atoms with E-state index >= 15 is 0 Å². The van der Waals surface area contributed by atoms with Crippen LogP contribution in [0.4, 0.5) is 4.39 Å². The molecule has 4 nitrogen and oxygen atoms in total. The number of rotatable bonds is 4. The first-order chi connectivity index (χ1) is 9.38. The summed E-state index contributed by atoms with van der Waals surface area (Å²) < 4.78 is 13.8. The predicted molar refractivity (Wildman–Crippen MR) is 75.3 cm³/mol. The fourth-order valence-electron chi connectivity index (χ4n) is 2.92. The molecule has 0 aliphatic carbocycles. The molecule has 5 heteroatoms. The molecule has 2 rings (SSSR count). The number of carboxylic acids is 1. The topological polar surface area (TPSA) is 43.8 Å². The lowest BCUT2D eigenvalue weighted by Crippen LogP contribution is -2.34. The average Bonchev–Trinajstić information content (AvgIpc) is 2.73. The van der Waals surface area contributed by atoms with Gasteiger partial charge < -0.3 is 10.0 Å². The number of likely N-dealkylation sites (N-methyl/N-ethyl adjacent to an activating group) is 1. The molecule has 0 aromatic heterocycles. The lowest BCUT2D eigenvalue weighted by molar-refractivity contribution is 0.0696. The Kier molecular flexibility index (Phi) is 4.40. The minimum atomic E-state index is -1.02. The average molecular weight is 280 g/mol. The molecule has 0 saturated carbocycles. The van der Waals surface area contributed by atoms with E-state index in [4.69, 9.17) is 5.11 Å². The highest BCUT2D eigenvalue weighted by Gasteiger charge is 2.31. The molecule has 1 aliphatic heterocycles. The maximum Gasteiger partial charge on any atom is 0.335 e. The first-order valence-electron chi connectivity index (χ1n) is 6.79. The Bertz CT molecular complexity index is 505. The number of carboxylic acid groups (broad SMARTS) is 1. The summed E-state index contributed by atoms with van der Waals surface area (Å²) in [6.45, 7) is 4.43. The van der Waals surface area contributed by atoms with Gasteiger partial charge in [0.25, 0.3) is 0 Å². The Morgan fingerprint density at radius 1 is 1.45 bits per heavy atom. The van der Waals surface area contributed by atoms with Gasteiger partial charge in [0, 0.05) is 31.2 Å². The van der Waals surface area contributed by atoms with Crippen molar-refractivity contribution in [3.63, 3.8) is 0 Å². The summed E-state index contributed by atoms with van der Waals surface area (Å²) >= 11 is 0. The largest absolute Gasteiger partial charge is 0.478 e. The number of hydrogen-bond acceptors (Lipinski definition) is 3. The van der Waals surface area contributed by atoms with E-state index in [2.05, 4.69) is 30.8 Å². The molecule has 1 N–H and O–H groups in total. The second-order valence-electron chi connectivity index (χ2n) is 5.81. The minimum absolute atomic E-state index is 0.137. The van der Waals surface area contributed by atoms with Crippen molar-refractivity contribution in [1.29, 1.82) is 0 Å². The maximum atomic E-state index is 13.8. The number of halogens is 1. The van der Waals surface area contributed by atoms with Crippen molar-refractivity contribution in [3.8, 4) is 0 Å². The van der Waals surface area contributed by atoms with Gasteiger partial charge >= 0.3 is 5.97 Å². The summed E-state index contributed by atoms with van der Waals surface area (Å²) in [5.41, 5.74) is 0.592. The smallest absolute Gasteiger partial charge is 0.335 e. The summed E-state index contributed by atoms with van der Waals surface area (Å²) in [5.74, 6) is -0.834. The van der Waals surface area contributed by atoms with Crippen molar-refractivity contribution in [2.75, 3.05) is 27.2 Å². The monoisotopic (exact) mass is 280 g/mol. The Morgan fingerprint density at radius 2 is 2.15 bits per heavy atom. The van der Waals surface area contributed by atoms with Gasteiger partial charge in [-0.15, -0.1) is 0 Å². The third-order valence-corrected chi connectivity index (χ3v) is 4.00. The molecule has 1 fully saturated rings. The molecule has 20 heavy (non-hydrogen) atoms. The molecular weight excluding hydrogens is 259 g/mol. The van der Waals surface area contributed by atoms with Crippen LogP contribution in [0.3, 0.4) is 0 Å². The Morgan fingerprint density at radius 3 is 2.70 bits per heavy atom. The third kappa shape index (κ3) is 3.16. The zero-order valence-corrected chi connectivity index (χ0v) is 12.1. The first kappa shape index (κ1) is 14.9. The van der Waals surface area contributed by atoms with Crippen molar-refractivity contribution in [2.24, 2.45) is 5.92 Å². The van der Waals surface area contributed by atoms with E-state index in [1.165, 1.54) is 18.2 Å². The van der Waals surface area contributed by atoms with Gasteiger partial charge in [0.2, 0.25) is 0 Å². The van der Waals surface area contributed by atoms with Crippen LogP contribution in [0.15, 0.2) is 18.2 Å². The molecule has 0 bridgehead atoms. The van der Waals surface area contributed by atoms with Crippen LogP contribution >= 0.6 is 0 Å². The first-order valence-corrected chi connectivity index (χ1v) is 6.79. The maximum absolute atomic E-state index is 13.8. The SMILES string of the molecule is CC1CN(Cc2cc(C(=O)O)ccc2F)CC1N(C)C. The van der Waals surface area contributed by atoms with Crippen molar-refractivity contribution >= 4 is 5.97 Å². The standard InChI is InChI=1S/C15H21FN2O2/c1-10-7-18(9-14(10)17(2)3)8-12-6-11(15(19)20)4-5-13(12)16/h4-6,10,14H,7-9H2,1-3H3,(H,19,20). The highest BCUT2D eigenvalue weighted by molar-refractivity contribution is 5.87. The summed E-state index contributed by atoms with van der Waals surface area (Å²) in [6.07, 6.45) is 0. The molecule has 1 aromatic rings. The Hall–Kier alpha value is -1.46. The van der Waals surface area contributed by atoms with Gasteiger partial charge in [-0.25, -0.2) is 9.18 Å². The summed E-state index contributed by atoms with van der Waals surface area (Å²) in [6, 6.07) is 4.43. The second kappa shape index (κ2) is 5.89. The molecule has 2 atom stereocenters. The number of carbonyl (C=O) groups is 1. The van der Waals surface area contributed by atoms with Gasteiger partial charge in [-0.2, -0.15) is 0 Å². The number of benzene rings is 1. The quantitative estimate of drug-likeness (QED) is 0.915. The van der Waals surface area contributed by atoms with Gasteiger partial charge in [0.1, 0.15) is 5.82 Å². The molecule has 0 radical (unpaired) electrons. The summed E-state index contributed by atoms with van der Waals surface area (Å²) in [7, 11) is 4.10. The molecule has 1 saturated heterocycles. The zero-order valence-electron chi connectivity index (χ0n) is 12.1. The summed E-state index contributed by atoms with van der Waals surface area (Å²) in [5, 5.41) is 8.98. The van der Waals surface area contributed by atoms with E-state index < -0.39 is 5.97 Å². The highest BCUT2D eigenvalue weighted by Crippen LogP contribution is 2.23. The van der Waals surface area contributed by atoms with Gasteiger partial charge in [-0.1, -0.05) is 6.92 Å². The van der Waals surface area contributed by atoms with Crippen LogP contribution in [0.2, 0.25) is 0 Å². The van der Waals surface area contributed by atoms with E-state index in [0.717, 1.165) is 13.1 Å². The molecule has 0 amide bonds. The molecule has 110 valence electrons. The van der Waals surface area contributed by atoms with E-state index in [1.54, 1.807) is 0 Å². The van der Waals surface area contributed by atoms with Crippen molar-refractivity contribution in [3.05, 3.63) is 35.1 Å². The molecule has 2 unspecified atom stereocenters. The van der Waals surface area contributed by atoms with E-state index in [9.17, 15) is 9.18 Å². The summed E-state index contributed by atoms with van der Waals surface area (Å²) in [4.78, 5) is 15.3. The Labute approximate surface area is 118 Å². The lowest BCUT2D eigenvalue weighted by Gasteiger charge is -2.22. The molecule has 1 aromatic carbocycles. The van der Waals surface area contributed by atoms with E-state index in [1.807, 2.05) is 0 Å². The van der Waals surface area contributed by atoms with E-state index in [0.29, 0.717) is 24.1 Å². The Balaban J connectivity index is 2.11. The molecular formula is C15H21FN2O2. The van der Waals surface area contributed by atoms with Crippen molar-refractivity contribution in [2.45, 2.75) is 19.5 Å². The lowest BCUT2D eigenvalue weighted by atomic mass is 10.1. The molecule has 0 spiro atoms. The van der Waals surface area contributed by atoms with Crippen LogP contribution in [0.1, 0.15) is 22.8 Å². The van der Waals surface area contributed by atoms with Gasteiger partial charge in [0.15, 0.2) is 0 Å². The zero-order chi connectivity index (χ0) is 14.9. The fraction of sp³-hybridized carbons (Fsp3) is 0.533. The number of aromatic carboxylic acids is 1. The van der Waals surface area contributed by atoms with Crippen LogP contribution in [0.5, 0.6) is 0 Å². The molecule has 1 aliphatic rings.